The molecule has 0 N–H and O–H groups in total. The second kappa shape index (κ2) is 8.95. The Kier molecular flexibility index (Phi) is 6.29. The first kappa shape index (κ1) is 23.2. The summed E-state index contributed by atoms with van der Waals surface area (Å²) in [4.78, 5) is 62.8. The normalized spacial score (nSPS) is 15.1. The molecule has 3 rings (SSSR count). The largest absolute Gasteiger partial charge is 0.859 e. The Morgan fingerprint density at radius 2 is 1.42 bits per heavy atom. The van der Waals surface area contributed by atoms with Crippen molar-refractivity contribution in [2.75, 3.05) is 14.1 Å². The summed E-state index contributed by atoms with van der Waals surface area (Å²) in [7, 11) is 5.09. The van der Waals surface area contributed by atoms with E-state index in [0.717, 1.165) is 18.9 Å². The van der Waals surface area contributed by atoms with Crippen LogP contribution in [0, 0.1) is 0 Å². The van der Waals surface area contributed by atoms with Crippen LogP contribution in [0.15, 0.2) is 63.7 Å². The molecule has 0 bridgehead atoms. The third-order valence-corrected chi connectivity index (χ3v) is 5.25. The summed E-state index contributed by atoms with van der Waals surface area (Å²) in [6.07, 6.45) is 5.53. The number of allylic oxidation sites excluding steroid dienone is 4. The van der Waals surface area contributed by atoms with Gasteiger partial charge in [-0.3, -0.25) is 28.8 Å². The van der Waals surface area contributed by atoms with Crippen molar-refractivity contribution in [3.8, 4) is 5.88 Å². The van der Waals surface area contributed by atoms with Gasteiger partial charge in [-0.2, -0.15) is 0 Å². The molecule has 1 fully saturated rings. The van der Waals surface area contributed by atoms with Gasteiger partial charge in [-0.05, 0) is 29.2 Å². The predicted octanol–water partition coefficient (Wildman–Crippen LogP) is 0.231. The van der Waals surface area contributed by atoms with Gasteiger partial charge in [0.05, 0.1) is 0 Å². The van der Waals surface area contributed by atoms with Crippen LogP contribution >= 0.6 is 0 Å². The molecule has 0 unspecified atom stereocenters. The highest BCUT2D eigenvalue weighted by atomic mass is 16.3. The first-order valence-electron chi connectivity index (χ1n) is 9.78. The molecular formula is C23H21N4O6-. The third kappa shape index (κ3) is 4.18. The van der Waals surface area contributed by atoms with Crippen LogP contribution in [-0.4, -0.2) is 50.9 Å². The first-order chi connectivity index (χ1) is 15.6. The number of nitrogens with zero attached hydrogens (tertiary/aromatic N) is 4. The molecule has 170 valence electrons. The molecule has 1 aromatic carbocycles. The van der Waals surface area contributed by atoms with Crippen molar-refractivity contribution in [3.63, 3.8) is 0 Å². The highest BCUT2D eigenvalue weighted by Gasteiger charge is 2.37. The lowest BCUT2D eigenvalue weighted by molar-refractivity contribution is -0.280. The van der Waals surface area contributed by atoms with Crippen LogP contribution < -0.4 is 16.4 Å². The standard InChI is InChI=1S/C23H22N4O6/c1-24-18(28)16(19(29)25(2)22(24)32)12-10-15(14-8-6-5-7-9-14)11-13-17-20(30)26(3)23(33)27(4)21(17)31/h5-13,28H,1-4H3/p-1/b12-10+,15-11-. The lowest BCUT2D eigenvalue weighted by Crippen LogP contribution is -2.52. The molecule has 1 aliphatic rings. The Labute approximate surface area is 188 Å². The zero-order valence-corrected chi connectivity index (χ0v) is 18.4. The number of hydrogen-bond donors (Lipinski definition) is 0. The van der Waals surface area contributed by atoms with E-state index in [9.17, 15) is 29.1 Å². The number of imide groups is 2. The zero-order chi connectivity index (χ0) is 24.4. The van der Waals surface area contributed by atoms with Crippen molar-refractivity contribution in [1.82, 2.24) is 18.9 Å². The van der Waals surface area contributed by atoms with Crippen molar-refractivity contribution in [3.05, 3.63) is 86.1 Å². The van der Waals surface area contributed by atoms with Gasteiger partial charge in [-0.25, -0.2) is 9.59 Å². The predicted molar refractivity (Wildman–Crippen MR) is 119 cm³/mol. The van der Waals surface area contributed by atoms with E-state index in [-0.39, 0.29) is 11.1 Å². The molecular weight excluding hydrogens is 428 g/mol. The minimum absolute atomic E-state index is 0.219. The maximum atomic E-state index is 12.4. The molecule has 10 nitrogen and oxygen atoms in total. The maximum Gasteiger partial charge on any atom is 0.333 e. The highest BCUT2D eigenvalue weighted by molar-refractivity contribution is 6.28. The minimum Gasteiger partial charge on any atom is -0.859 e. The van der Waals surface area contributed by atoms with Gasteiger partial charge in [0.15, 0.2) is 0 Å². The van der Waals surface area contributed by atoms with Crippen LogP contribution in [0.1, 0.15) is 11.1 Å². The summed E-state index contributed by atoms with van der Waals surface area (Å²) >= 11 is 0. The second-order valence-corrected chi connectivity index (χ2v) is 7.34. The van der Waals surface area contributed by atoms with E-state index in [4.69, 9.17) is 0 Å². The van der Waals surface area contributed by atoms with E-state index >= 15 is 0 Å². The van der Waals surface area contributed by atoms with Gasteiger partial charge in [0.25, 0.3) is 17.4 Å². The van der Waals surface area contributed by atoms with Gasteiger partial charge in [-0.1, -0.05) is 42.5 Å². The van der Waals surface area contributed by atoms with Gasteiger partial charge in [0.1, 0.15) is 5.57 Å². The quantitative estimate of drug-likeness (QED) is 0.374. The van der Waals surface area contributed by atoms with Crippen LogP contribution in [0.3, 0.4) is 0 Å². The van der Waals surface area contributed by atoms with Gasteiger partial charge < -0.3 is 9.67 Å². The molecule has 2 heterocycles. The Balaban J connectivity index is 2.13. The van der Waals surface area contributed by atoms with E-state index in [1.54, 1.807) is 30.3 Å². The number of likely N-dealkylation sites (N-methyl/N-ethyl adjacent to an activating group) is 2. The van der Waals surface area contributed by atoms with Gasteiger partial charge in [0.2, 0.25) is 0 Å². The van der Waals surface area contributed by atoms with Crippen LogP contribution in [0.4, 0.5) is 4.79 Å². The van der Waals surface area contributed by atoms with Crippen molar-refractivity contribution >= 4 is 29.5 Å². The molecule has 0 radical (unpaired) electrons. The summed E-state index contributed by atoms with van der Waals surface area (Å²) in [5.74, 6) is -2.24. The number of carbonyl (C=O) groups excluding carboxylic acids is 3. The minimum atomic E-state index is -0.746. The van der Waals surface area contributed by atoms with Gasteiger partial charge >= 0.3 is 11.7 Å². The molecule has 1 aliphatic heterocycles. The summed E-state index contributed by atoms with van der Waals surface area (Å²) in [6, 6.07) is 8.13. The summed E-state index contributed by atoms with van der Waals surface area (Å²) in [5.41, 5.74) is -0.769. The van der Waals surface area contributed by atoms with Crippen LogP contribution in [0.2, 0.25) is 0 Å². The average Bonchev–Trinajstić information content (AvgIpc) is 2.82. The number of aromatic nitrogens is 2. The fourth-order valence-electron chi connectivity index (χ4n) is 3.21. The molecule has 33 heavy (non-hydrogen) atoms. The Morgan fingerprint density at radius 1 is 0.848 bits per heavy atom. The average molecular weight is 449 g/mol. The molecule has 1 saturated heterocycles. The monoisotopic (exact) mass is 449 g/mol. The van der Waals surface area contributed by atoms with Crippen LogP contribution in [0.5, 0.6) is 5.88 Å². The fraction of sp³-hybridized carbons (Fsp3) is 0.174. The van der Waals surface area contributed by atoms with Crippen molar-refractivity contribution < 1.29 is 19.5 Å². The molecule has 1 aromatic heterocycles. The van der Waals surface area contributed by atoms with E-state index in [2.05, 4.69) is 0 Å². The Hall–Kier alpha value is -4.47. The lowest BCUT2D eigenvalue weighted by atomic mass is 10.0. The molecule has 0 atom stereocenters. The number of carbonyl (C=O) groups is 3. The Morgan fingerprint density at radius 3 is 2.00 bits per heavy atom. The number of barbiturate groups is 1. The lowest BCUT2D eigenvalue weighted by Gasteiger charge is -2.28. The van der Waals surface area contributed by atoms with Crippen molar-refractivity contribution in [2.45, 2.75) is 0 Å². The topological polar surface area (TPSA) is 125 Å². The highest BCUT2D eigenvalue weighted by Crippen LogP contribution is 2.20. The first-order valence-corrected chi connectivity index (χ1v) is 9.78. The summed E-state index contributed by atoms with van der Waals surface area (Å²) < 4.78 is 1.66. The summed E-state index contributed by atoms with van der Waals surface area (Å²) in [5, 5.41) is 12.4. The number of rotatable bonds is 4. The number of urea groups is 1. The van der Waals surface area contributed by atoms with Crippen LogP contribution in [0.25, 0.3) is 11.6 Å². The smallest absolute Gasteiger partial charge is 0.333 e. The van der Waals surface area contributed by atoms with Crippen LogP contribution in [-0.2, 0) is 23.7 Å². The number of amides is 4. The SMILES string of the molecule is CN1C(=O)C(=C/C=C(/C=C/c2c([O-])n(C)c(=O)n(C)c2=O)c2ccccc2)C(=O)N(C)C1=O. The van der Waals surface area contributed by atoms with Crippen molar-refractivity contribution in [2.24, 2.45) is 14.1 Å². The van der Waals surface area contributed by atoms with E-state index in [0.29, 0.717) is 11.1 Å². The van der Waals surface area contributed by atoms with E-state index in [1.165, 1.54) is 52.5 Å². The summed E-state index contributed by atoms with van der Waals surface area (Å²) in [6.45, 7) is 0. The third-order valence-electron chi connectivity index (χ3n) is 5.25. The van der Waals surface area contributed by atoms with Crippen molar-refractivity contribution in [1.29, 1.82) is 0 Å². The van der Waals surface area contributed by atoms with E-state index < -0.39 is 35.0 Å². The number of hydrogen-bond acceptors (Lipinski definition) is 6. The second-order valence-electron chi connectivity index (χ2n) is 7.34. The molecule has 0 spiro atoms. The fourth-order valence-corrected chi connectivity index (χ4v) is 3.21. The molecule has 10 heteroatoms. The molecule has 0 saturated carbocycles. The number of benzene rings is 1. The molecule has 0 aliphatic carbocycles. The van der Waals surface area contributed by atoms with Gasteiger partial charge in [-0.15, -0.1) is 0 Å². The zero-order valence-electron chi connectivity index (χ0n) is 18.4. The Bertz CT molecular complexity index is 1340. The van der Waals surface area contributed by atoms with Gasteiger partial charge in [0, 0.05) is 33.8 Å². The molecule has 2 aromatic rings. The maximum absolute atomic E-state index is 12.4. The van der Waals surface area contributed by atoms with E-state index in [1.807, 2.05) is 0 Å². The molecule has 4 amide bonds.